The Balaban J connectivity index is 1.50. The number of benzene rings is 1. The molecule has 1 saturated heterocycles. The first-order valence-electron chi connectivity index (χ1n) is 11.1. The molecule has 0 radical (unpaired) electrons. The molecule has 1 aliphatic heterocycles. The minimum atomic E-state index is -4.48. The predicted octanol–water partition coefficient (Wildman–Crippen LogP) is 4.75. The molecule has 2 aromatic heterocycles. The highest BCUT2D eigenvalue weighted by atomic mass is 19.4. The lowest BCUT2D eigenvalue weighted by Crippen LogP contribution is -2.32. The summed E-state index contributed by atoms with van der Waals surface area (Å²) in [5.41, 5.74) is 1.71. The van der Waals surface area contributed by atoms with Gasteiger partial charge in [0.15, 0.2) is 17.1 Å². The largest absolute Gasteiger partial charge is 0.493 e. The normalized spacial score (nSPS) is 18.1. The van der Waals surface area contributed by atoms with Gasteiger partial charge < -0.3 is 9.47 Å². The Kier molecular flexibility index (Phi) is 6.52. The van der Waals surface area contributed by atoms with Crippen LogP contribution in [0, 0.1) is 0 Å². The maximum Gasteiger partial charge on any atom is 0.433 e. The number of aromatic nitrogens is 3. The molecule has 3 aromatic rings. The summed E-state index contributed by atoms with van der Waals surface area (Å²) in [6.07, 6.45) is -2.37. The molecule has 4 rings (SSSR count). The summed E-state index contributed by atoms with van der Waals surface area (Å²) in [6.45, 7) is 5.58. The number of aryl methyl sites for hydroxylation is 1. The molecular weight excluding hydrogens is 433 g/mol. The minimum absolute atomic E-state index is 0.0747. The number of likely N-dealkylation sites (tertiary alicyclic amines) is 1. The quantitative estimate of drug-likeness (QED) is 0.507. The van der Waals surface area contributed by atoms with E-state index in [2.05, 4.69) is 21.9 Å². The van der Waals surface area contributed by atoms with E-state index in [0.29, 0.717) is 29.3 Å². The average molecular weight is 463 g/mol. The van der Waals surface area contributed by atoms with Gasteiger partial charge in [0, 0.05) is 30.3 Å². The molecule has 1 aliphatic rings. The van der Waals surface area contributed by atoms with Crippen LogP contribution in [-0.4, -0.2) is 52.8 Å². The SMILES string of the molecule is CCc1cc(C(F)(F)F)n2nc([C@H]3CCN([C@@H](C)Cc4ccc(OC)c(OC)c4)C3)cc2n1. The van der Waals surface area contributed by atoms with E-state index in [9.17, 15) is 13.2 Å². The van der Waals surface area contributed by atoms with E-state index in [4.69, 9.17) is 9.47 Å². The molecule has 0 aliphatic carbocycles. The van der Waals surface area contributed by atoms with Gasteiger partial charge in [-0.2, -0.15) is 18.3 Å². The zero-order valence-electron chi connectivity index (χ0n) is 19.3. The molecule has 0 amide bonds. The summed E-state index contributed by atoms with van der Waals surface area (Å²) in [5, 5.41) is 4.33. The standard InChI is InChI=1S/C24H29F3N4O2/c1-5-18-12-22(24(25,26)27)31-23(28-18)13-19(29-31)17-8-9-30(14-17)15(2)10-16-6-7-20(32-3)21(11-16)33-4/h6-7,11-13,15,17H,5,8-10,14H2,1-4H3/t15-,17-/m0/s1. The molecule has 2 atom stereocenters. The molecule has 0 saturated carbocycles. The number of methoxy groups -OCH3 is 2. The smallest absolute Gasteiger partial charge is 0.433 e. The molecule has 0 bridgehead atoms. The van der Waals surface area contributed by atoms with Crippen molar-refractivity contribution in [3.8, 4) is 11.5 Å². The van der Waals surface area contributed by atoms with Crippen LogP contribution in [-0.2, 0) is 19.0 Å². The van der Waals surface area contributed by atoms with Crippen molar-refractivity contribution in [2.75, 3.05) is 27.3 Å². The number of ether oxygens (including phenoxy) is 2. The Morgan fingerprint density at radius 3 is 2.55 bits per heavy atom. The summed E-state index contributed by atoms with van der Waals surface area (Å²) in [5.74, 6) is 1.47. The van der Waals surface area contributed by atoms with Gasteiger partial charge in [0.2, 0.25) is 0 Å². The summed E-state index contributed by atoms with van der Waals surface area (Å²) < 4.78 is 52.4. The highest BCUT2D eigenvalue weighted by molar-refractivity contribution is 5.44. The maximum absolute atomic E-state index is 13.6. The predicted molar refractivity (Wildman–Crippen MR) is 119 cm³/mol. The Labute approximate surface area is 191 Å². The summed E-state index contributed by atoms with van der Waals surface area (Å²) in [6, 6.07) is 8.99. The van der Waals surface area contributed by atoms with Gasteiger partial charge in [-0.25, -0.2) is 9.50 Å². The van der Waals surface area contributed by atoms with E-state index in [1.807, 2.05) is 18.2 Å². The van der Waals surface area contributed by atoms with Crippen LogP contribution in [0.4, 0.5) is 13.2 Å². The Bertz CT molecular complexity index is 1130. The van der Waals surface area contributed by atoms with Gasteiger partial charge in [-0.3, -0.25) is 4.90 Å². The number of hydrogen-bond donors (Lipinski definition) is 0. The van der Waals surface area contributed by atoms with Crippen molar-refractivity contribution in [3.63, 3.8) is 0 Å². The average Bonchev–Trinajstić information content (AvgIpc) is 3.44. The molecule has 0 unspecified atom stereocenters. The molecule has 1 fully saturated rings. The van der Waals surface area contributed by atoms with E-state index >= 15 is 0 Å². The van der Waals surface area contributed by atoms with Crippen LogP contribution in [0.1, 0.15) is 48.8 Å². The molecule has 0 N–H and O–H groups in total. The van der Waals surface area contributed by atoms with Gasteiger partial charge in [0.25, 0.3) is 0 Å². The number of fused-ring (bicyclic) bond motifs is 1. The van der Waals surface area contributed by atoms with Crippen LogP contribution < -0.4 is 9.47 Å². The molecule has 178 valence electrons. The second-order valence-corrected chi connectivity index (χ2v) is 8.55. The molecule has 6 nitrogen and oxygen atoms in total. The lowest BCUT2D eigenvalue weighted by atomic mass is 10.0. The van der Waals surface area contributed by atoms with E-state index in [1.165, 1.54) is 0 Å². The summed E-state index contributed by atoms with van der Waals surface area (Å²) in [7, 11) is 3.23. The fourth-order valence-electron chi connectivity index (χ4n) is 4.53. The molecule has 33 heavy (non-hydrogen) atoms. The van der Waals surface area contributed by atoms with Crippen LogP contribution >= 0.6 is 0 Å². The lowest BCUT2D eigenvalue weighted by Gasteiger charge is -2.24. The van der Waals surface area contributed by atoms with E-state index in [0.717, 1.165) is 42.1 Å². The molecule has 1 aromatic carbocycles. The second-order valence-electron chi connectivity index (χ2n) is 8.55. The first-order chi connectivity index (χ1) is 15.7. The van der Waals surface area contributed by atoms with Crippen molar-refractivity contribution in [2.45, 2.75) is 51.2 Å². The fraction of sp³-hybridized carbons (Fsp3) is 0.500. The maximum atomic E-state index is 13.6. The number of nitrogens with zero attached hydrogens (tertiary/aromatic N) is 4. The third-order valence-corrected chi connectivity index (χ3v) is 6.39. The van der Waals surface area contributed by atoms with Crippen molar-refractivity contribution in [1.29, 1.82) is 0 Å². The van der Waals surface area contributed by atoms with Crippen molar-refractivity contribution in [1.82, 2.24) is 19.5 Å². The lowest BCUT2D eigenvalue weighted by molar-refractivity contribution is -0.142. The third kappa shape index (κ3) is 4.78. The Morgan fingerprint density at radius 1 is 1.12 bits per heavy atom. The molecule has 3 heterocycles. The van der Waals surface area contributed by atoms with Gasteiger partial charge in [-0.1, -0.05) is 13.0 Å². The highest BCUT2D eigenvalue weighted by Gasteiger charge is 2.36. The molecular formula is C24H29F3N4O2. The fourth-order valence-corrected chi connectivity index (χ4v) is 4.53. The van der Waals surface area contributed by atoms with Crippen LogP contribution in [0.2, 0.25) is 0 Å². The topological polar surface area (TPSA) is 51.9 Å². The van der Waals surface area contributed by atoms with Crippen LogP contribution in [0.15, 0.2) is 30.3 Å². The number of halogens is 3. The second kappa shape index (κ2) is 9.21. The minimum Gasteiger partial charge on any atom is -0.493 e. The number of alkyl halides is 3. The van der Waals surface area contributed by atoms with Crippen molar-refractivity contribution < 1.29 is 22.6 Å². The first-order valence-corrected chi connectivity index (χ1v) is 11.1. The highest BCUT2D eigenvalue weighted by Crippen LogP contribution is 2.34. The third-order valence-electron chi connectivity index (χ3n) is 6.39. The van der Waals surface area contributed by atoms with E-state index in [1.54, 1.807) is 27.2 Å². The van der Waals surface area contributed by atoms with Gasteiger partial charge in [0.05, 0.1) is 19.9 Å². The van der Waals surface area contributed by atoms with Gasteiger partial charge in [-0.05, 0) is 56.5 Å². The summed E-state index contributed by atoms with van der Waals surface area (Å²) in [4.78, 5) is 6.73. The van der Waals surface area contributed by atoms with Crippen molar-refractivity contribution >= 4 is 5.65 Å². The zero-order valence-corrected chi connectivity index (χ0v) is 19.3. The van der Waals surface area contributed by atoms with Crippen molar-refractivity contribution in [2.24, 2.45) is 0 Å². The summed E-state index contributed by atoms with van der Waals surface area (Å²) >= 11 is 0. The monoisotopic (exact) mass is 462 g/mol. The van der Waals surface area contributed by atoms with E-state index < -0.39 is 11.9 Å². The van der Waals surface area contributed by atoms with Gasteiger partial charge >= 0.3 is 6.18 Å². The Hall–Kier alpha value is -2.81. The zero-order chi connectivity index (χ0) is 23.8. The van der Waals surface area contributed by atoms with Crippen LogP contribution in [0.3, 0.4) is 0 Å². The molecule has 9 heteroatoms. The van der Waals surface area contributed by atoms with Gasteiger partial charge in [-0.15, -0.1) is 0 Å². The van der Waals surface area contributed by atoms with Crippen molar-refractivity contribution in [3.05, 3.63) is 53.0 Å². The first kappa shape index (κ1) is 23.4. The molecule has 0 spiro atoms. The number of hydrogen-bond acceptors (Lipinski definition) is 5. The van der Waals surface area contributed by atoms with Crippen LogP contribution in [0.5, 0.6) is 11.5 Å². The van der Waals surface area contributed by atoms with Crippen LogP contribution in [0.25, 0.3) is 5.65 Å². The van der Waals surface area contributed by atoms with E-state index in [-0.39, 0.29) is 17.6 Å². The number of rotatable bonds is 7. The Morgan fingerprint density at radius 2 is 1.88 bits per heavy atom. The van der Waals surface area contributed by atoms with Gasteiger partial charge in [0.1, 0.15) is 5.69 Å².